The van der Waals surface area contributed by atoms with Crippen LogP contribution < -0.4 is 0 Å². The Kier molecular flexibility index (Phi) is 3.81. The molecule has 0 bridgehead atoms. The van der Waals surface area contributed by atoms with Gasteiger partial charge in [-0.3, -0.25) is 4.79 Å². The summed E-state index contributed by atoms with van der Waals surface area (Å²) in [5.41, 5.74) is 1.27. The highest BCUT2D eigenvalue weighted by atomic mass is 35.5. The van der Waals surface area contributed by atoms with Crippen LogP contribution in [0.5, 0.6) is 5.75 Å². The first-order valence-corrected chi connectivity index (χ1v) is 6.17. The molecule has 0 spiro atoms. The lowest BCUT2D eigenvalue weighted by Gasteiger charge is -2.25. The summed E-state index contributed by atoms with van der Waals surface area (Å²) >= 11 is 5.80. The molecule has 1 heterocycles. The first-order valence-electron chi connectivity index (χ1n) is 5.79. The molecule has 0 saturated heterocycles. The SMILES string of the molecule is CC(c1ccc(O)cc1)N(C)C(=O)c1ccoc1Cl. The molecule has 2 aromatic rings. The van der Waals surface area contributed by atoms with Gasteiger partial charge in [0.1, 0.15) is 5.75 Å². The molecule has 1 aromatic carbocycles. The highest BCUT2D eigenvalue weighted by molar-refractivity contribution is 6.32. The Balaban J connectivity index is 2.19. The molecule has 0 aliphatic rings. The third-order valence-corrected chi connectivity index (χ3v) is 3.42. The minimum atomic E-state index is -0.209. The van der Waals surface area contributed by atoms with Crippen molar-refractivity contribution in [1.29, 1.82) is 0 Å². The van der Waals surface area contributed by atoms with Gasteiger partial charge in [-0.15, -0.1) is 0 Å². The Morgan fingerprint density at radius 1 is 1.32 bits per heavy atom. The van der Waals surface area contributed by atoms with E-state index in [1.54, 1.807) is 42.3 Å². The number of aromatic hydroxyl groups is 1. The fourth-order valence-corrected chi connectivity index (χ4v) is 1.98. The van der Waals surface area contributed by atoms with E-state index in [2.05, 4.69) is 0 Å². The third-order valence-electron chi connectivity index (χ3n) is 3.13. The van der Waals surface area contributed by atoms with Crippen molar-refractivity contribution in [2.75, 3.05) is 7.05 Å². The molecular weight excluding hydrogens is 266 g/mol. The number of hydrogen-bond donors (Lipinski definition) is 1. The summed E-state index contributed by atoms with van der Waals surface area (Å²) in [6.07, 6.45) is 1.38. The molecule has 1 unspecified atom stereocenters. The number of nitrogens with zero attached hydrogens (tertiary/aromatic N) is 1. The van der Waals surface area contributed by atoms with Crippen molar-refractivity contribution in [1.82, 2.24) is 4.90 Å². The van der Waals surface area contributed by atoms with Crippen LogP contribution in [0.15, 0.2) is 41.0 Å². The zero-order valence-electron chi connectivity index (χ0n) is 10.6. The maximum atomic E-state index is 12.2. The minimum absolute atomic E-state index is 0.0924. The molecule has 1 amide bonds. The van der Waals surface area contributed by atoms with Gasteiger partial charge in [-0.25, -0.2) is 0 Å². The molecule has 0 aliphatic heterocycles. The maximum Gasteiger partial charge on any atom is 0.258 e. The molecule has 1 aromatic heterocycles. The summed E-state index contributed by atoms with van der Waals surface area (Å²) in [7, 11) is 1.70. The van der Waals surface area contributed by atoms with Gasteiger partial charge in [0.15, 0.2) is 0 Å². The Hall–Kier alpha value is -1.94. The zero-order chi connectivity index (χ0) is 14.0. The zero-order valence-corrected chi connectivity index (χ0v) is 11.4. The highest BCUT2D eigenvalue weighted by Gasteiger charge is 2.22. The molecule has 19 heavy (non-hydrogen) atoms. The van der Waals surface area contributed by atoms with Gasteiger partial charge in [-0.05, 0) is 42.3 Å². The predicted octanol–water partition coefficient (Wildman–Crippen LogP) is 3.47. The van der Waals surface area contributed by atoms with Crippen LogP contribution in [0.25, 0.3) is 0 Å². The number of phenols is 1. The number of furan rings is 1. The maximum absolute atomic E-state index is 12.2. The Labute approximate surface area is 116 Å². The van der Waals surface area contributed by atoms with Crippen LogP contribution in [-0.4, -0.2) is 23.0 Å². The smallest absolute Gasteiger partial charge is 0.258 e. The number of hydrogen-bond acceptors (Lipinski definition) is 3. The standard InChI is InChI=1S/C14H14ClNO3/c1-9(10-3-5-11(17)6-4-10)16(2)14(18)12-7-8-19-13(12)15/h3-9,17H,1-2H3. The number of phenolic OH excluding ortho intramolecular Hbond substituents is 1. The number of carbonyl (C=O) groups excluding carboxylic acids is 1. The average Bonchev–Trinajstić information content (AvgIpc) is 2.83. The van der Waals surface area contributed by atoms with Crippen molar-refractivity contribution in [3.63, 3.8) is 0 Å². The fraction of sp³-hybridized carbons (Fsp3) is 0.214. The molecule has 100 valence electrons. The first kappa shape index (κ1) is 13.5. The molecular formula is C14H14ClNO3. The van der Waals surface area contributed by atoms with Crippen molar-refractivity contribution in [2.24, 2.45) is 0 Å². The summed E-state index contributed by atoms with van der Waals surface area (Å²) in [6, 6.07) is 8.15. The third kappa shape index (κ3) is 2.74. The number of benzene rings is 1. The summed E-state index contributed by atoms with van der Waals surface area (Å²) in [5.74, 6) is -0.0119. The lowest BCUT2D eigenvalue weighted by atomic mass is 10.1. The van der Waals surface area contributed by atoms with E-state index < -0.39 is 0 Å². The lowest BCUT2D eigenvalue weighted by molar-refractivity contribution is 0.0742. The van der Waals surface area contributed by atoms with Crippen LogP contribution >= 0.6 is 11.6 Å². The van der Waals surface area contributed by atoms with Gasteiger partial charge in [0.05, 0.1) is 17.9 Å². The molecule has 0 radical (unpaired) electrons. The van der Waals surface area contributed by atoms with Crippen molar-refractivity contribution >= 4 is 17.5 Å². The van der Waals surface area contributed by atoms with Crippen LogP contribution in [0, 0.1) is 0 Å². The first-order chi connectivity index (χ1) is 9.00. The largest absolute Gasteiger partial charge is 0.508 e. The molecule has 4 nitrogen and oxygen atoms in total. The molecule has 0 saturated carbocycles. The quantitative estimate of drug-likeness (QED) is 0.936. The van der Waals surface area contributed by atoms with Crippen LogP contribution in [0.1, 0.15) is 28.9 Å². The van der Waals surface area contributed by atoms with Gasteiger partial charge in [0, 0.05) is 7.05 Å². The second-order valence-corrected chi connectivity index (χ2v) is 4.63. The van der Waals surface area contributed by atoms with Gasteiger partial charge in [-0.1, -0.05) is 12.1 Å². The van der Waals surface area contributed by atoms with Gasteiger partial charge in [0.2, 0.25) is 5.22 Å². The molecule has 2 rings (SSSR count). The second kappa shape index (κ2) is 5.36. The van der Waals surface area contributed by atoms with Gasteiger partial charge in [0.25, 0.3) is 5.91 Å². The van der Waals surface area contributed by atoms with E-state index >= 15 is 0 Å². The molecule has 0 aliphatic carbocycles. The van der Waals surface area contributed by atoms with Gasteiger partial charge < -0.3 is 14.4 Å². The van der Waals surface area contributed by atoms with Crippen molar-refractivity contribution < 1.29 is 14.3 Å². The fourth-order valence-electron chi connectivity index (χ4n) is 1.79. The number of amides is 1. The van der Waals surface area contributed by atoms with Crippen molar-refractivity contribution in [3.8, 4) is 5.75 Å². The van der Waals surface area contributed by atoms with Crippen LogP contribution in [0.2, 0.25) is 5.22 Å². The van der Waals surface area contributed by atoms with E-state index in [1.807, 2.05) is 6.92 Å². The molecule has 1 N–H and O–H groups in total. The molecule has 5 heteroatoms. The number of carbonyl (C=O) groups is 1. The highest BCUT2D eigenvalue weighted by Crippen LogP contribution is 2.25. The minimum Gasteiger partial charge on any atom is -0.508 e. The monoisotopic (exact) mass is 279 g/mol. The van der Waals surface area contributed by atoms with Crippen LogP contribution in [0.3, 0.4) is 0 Å². The summed E-state index contributed by atoms with van der Waals surface area (Å²) < 4.78 is 4.92. The number of halogens is 1. The van der Waals surface area contributed by atoms with E-state index in [9.17, 15) is 9.90 Å². The van der Waals surface area contributed by atoms with Crippen molar-refractivity contribution in [2.45, 2.75) is 13.0 Å². The summed E-state index contributed by atoms with van der Waals surface area (Å²) in [5, 5.41) is 9.35. The summed E-state index contributed by atoms with van der Waals surface area (Å²) in [6.45, 7) is 1.90. The van der Waals surface area contributed by atoms with E-state index in [1.165, 1.54) is 6.26 Å². The van der Waals surface area contributed by atoms with Crippen LogP contribution in [-0.2, 0) is 0 Å². The normalized spacial score (nSPS) is 12.2. The Morgan fingerprint density at radius 3 is 2.47 bits per heavy atom. The van der Waals surface area contributed by atoms with Crippen LogP contribution in [0.4, 0.5) is 0 Å². The van der Waals surface area contributed by atoms with E-state index in [-0.39, 0.29) is 22.9 Å². The average molecular weight is 280 g/mol. The van der Waals surface area contributed by atoms with Crippen molar-refractivity contribution in [3.05, 3.63) is 52.9 Å². The second-order valence-electron chi connectivity index (χ2n) is 4.29. The Bertz CT molecular complexity index is 577. The Morgan fingerprint density at radius 2 is 1.95 bits per heavy atom. The van der Waals surface area contributed by atoms with E-state index in [4.69, 9.17) is 16.0 Å². The molecule has 1 atom stereocenters. The lowest BCUT2D eigenvalue weighted by Crippen LogP contribution is -2.29. The van der Waals surface area contributed by atoms with E-state index in [0.717, 1.165) is 5.56 Å². The van der Waals surface area contributed by atoms with E-state index in [0.29, 0.717) is 5.56 Å². The molecule has 0 fully saturated rings. The topological polar surface area (TPSA) is 53.7 Å². The predicted molar refractivity (Wildman–Crippen MR) is 72.3 cm³/mol. The number of rotatable bonds is 3. The van der Waals surface area contributed by atoms with Gasteiger partial charge >= 0.3 is 0 Å². The van der Waals surface area contributed by atoms with Gasteiger partial charge in [-0.2, -0.15) is 0 Å². The summed E-state index contributed by atoms with van der Waals surface area (Å²) in [4.78, 5) is 13.8.